The molecule has 0 saturated carbocycles. The Hall–Kier alpha value is -0.0400. The number of nitrogens with one attached hydrogen (secondary N) is 1. The number of rotatable bonds is 8. The molecule has 0 bridgehead atoms. The summed E-state index contributed by atoms with van der Waals surface area (Å²) in [6, 6.07) is 0.728. The third-order valence-electron chi connectivity index (χ3n) is 3.26. The quantitative estimate of drug-likeness (QED) is 0.626. The minimum absolute atomic E-state index is 0.728. The monoisotopic (exact) mass is 199 g/mol. The van der Waals surface area contributed by atoms with Gasteiger partial charge in [0.05, 0.1) is 0 Å². The zero-order chi connectivity index (χ0) is 11.0. The second-order valence-electron chi connectivity index (χ2n) is 4.86. The molecule has 0 rings (SSSR count). The summed E-state index contributed by atoms with van der Waals surface area (Å²) in [6.45, 7) is 9.30. The van der Waals surface area contributed by atoms with Crippen LogP contribution in [0.15, 0.2) is 0 Å². The summed E-state index contributed by atoms with van der Waals surface area (Å²) in [4.78, 5) is 0. The molecule has 0 spiro atoms. The van der Waals surface area contributed by atoms with E-state index in [2.05, 4.69) is 40.1 Å². The number of hydrogen-bond donors (Lipinski definition) is 1. The standard InChI is InChI=1S/C13H29N/c1-6-8-12(4)10-13(14-5)9-11(3)7-2/h11-14H,6-10H2,1-5H3. The van der Waals surface area contributed by atoms with E-state index in [4.69, 9.17) is 0 Å². The van der Waals surface area contributed by atoms with Gasteiger partial charge in [0, 0.05) is 6.04 Å². The van der Waals surface area contributed by atoms with Gasteiger partial charge >= 0.3 is 0 Å². The van der Waals surface area contributed by atoms with Gasteiger partial charge in [-0.25, -0.2) is 0 Å². The molecule has 0 aliphatic rings. The second kappa shape index (κ2) is 8.28. The molecule has 0 fully saturated rings. The van der Waals surface area contributed by atoms with Crippen LogP contribution in [-0.2, 0) is 0 Å². The van der Waals surface area contributed by atoms with Crippen molar-refractivity contribution in [2.24, 2.45) is 11.8 Å². The molecule has 3 unspecified atom stereocenters. The molecule has 1 heteroatoms. The van der Waals surface area contributed by atoms with Crippen molar-refractivity contribution in [2.45, 2.75) is 65.8 Å². The molecule has 0 saturated heterocycles. The summed E-state index contributed by atoms with van der Waals surface area (Å²) in [5.74, 6) is 1.74. The lowest BCUT2D eigenvalue weighted by molar-refractivity contribution is 0.340. The van der Waals surface area contributed by atoms with E-state index in [1.807, 2.05) is 0 Å². The molecule has 0 aromatic carbocycles. The Labute approximate surface area is 90.7 Å². The molecule has 14 heavy (non-hydrogen) atoms. The summed E-state index contributed by atoms with van der Waals surface area (Å²) < 4.78 is 0. The van der Waals surface area contributed by atoms with Crippen LogP contribution in [-0.4, -0.2) is 13.1 Å². The minimum atomic E-state index is 0.728. The Morgan fingerprint density at radius 2 is 1.57 bits per heavy atom. The fourth-order valence-electron chi connectivity index (χ4n) is 2.08. The molecule has 0 aromatic heterocycles. The molecule has 3 atom stereocenters. The molecule has 0 aromatic rings. The molecule has 86 valence electrons. The van der Waals surface area contributed by atoms with Gasteiger partial charge in [0.15, 0.2) is 0 Å². The van der Waals surface area contributed by atoms with Gasteiger partial charge in [-0.2, -0.15) is 0 Å². The summed E-state index contributed by atoms with van der Waals surface area (Å²) in [5.41, 5.74) is 0. The highest BCUT2D eigenvalue weighted by Gasteiger charge is 2.13. The number of hydrogen-bond acceptors (Lipinski definition) is 1. The molecular formula is C13H29N. The van der Waals surface area contributed by atoms with Crippen LogP contribution in [0, 0.1) is 11.8 Å². The van der Waals surface area contributed by atoms with Crippen LogP contribution in [0.3, 0.4) is 0 Å². The van der Waals surface area contributed by atoms with E-state index in [0.717, 1.165) is 17.9 Å². The van der Waals surface area contributed by atoms with E-state index in [9.17, 15) is 0 Å². The van der Waals surface area contributed by atoms with Gasteiger partial charge in [0.2, 0.25) is 0 Å². The first-order valence-corrected chi connectivity index (χ1v) is 6.31. The van der Waals surface area contributed by atoms with E-state index < -0.39 is 0 Å². The molecule has 0 amide bonds. The van der Waals surface area contributed by atoms with Crippen LogP contribution in [0.1, 0.15) is 59.8 Å². The predicted molar refractivity (Wildman–Crippen MR) is 65.6 cm³/mol. The third-order valence-corrected chi connectivity index (χ3v) is 3.26. The van der Waals surface area contributed by atoms with Crippen molar-refractivity contribution in [2.75, 3.05) is 7.05 Å². The smallest absolute Gasteiger partial charge is 0.00691 e. The van der Waals surface area contributed by atoms with Crippen LogP contribution in [0.25, 0.3) is 0 Å². The maximum atomic E-state index is 3.46. The maximum Gasteiger partial charge on any atom is 0.00691 e. The van der Waals surface area contributed by atoms with Crippen molar-refractivity contribution in [3.63, 3.8) is 0 Å². The van der Waals surface area contributed by atoms with E-state index in [-0.39, 0.29) is 0 Å². The van der Waals surface area contributed by atoms with E-state index in [1.165, 1.54) is 32.1 Å². The van der Waals surface area contributed by atoms with E-state index in [0.29, 0.717) is 0 Å². The highest BCUT2D eigenvalue weighted by molar-refractivity contribution is 4.70. The molecular weight excluding hydrogens is 170 g/mol. The van der Waals surface area contributed by atoms with Gasteiger partial charge in [-0.3, -0.25) is 0 Å². The lowest BCUT2D eigenvalue weighted by Gasteiger charge is -2.22. The highest BCUT2D eigenvalue weighted by Crippen LogP contribution is 2.18. The fraction of sp³-hybridized carbons (Fsp3) is 1.00. The molecule has 0 aliphatic heterocycles. The largest absolute Gasteiger partial charge is 0.317 e. The summed E-state index contributed by atoms with van der Waals surface area (Å²) >= 11 is 0. The highest BCUT2D eigenvalue weighted by atomic mass is 14.9. The molecule has 1 nitrogen and oxygen atoms in total. The van der Waals surface area contributed by atoms with Crippen molar-refractivity contribution in [3.05, 3.63) is 0 Å². The Balaban J connectivity index is 3.77. The van der Waals surface area contributed by atoms with Crippen molar-refractivity contribution >= 4 is 0 Å². The Morgan fingerprint density at radius 1 is 1.00 bits per heavy atom. The van der Waals surface area contributed by atoms with Gasteiger partial charge in [0.1, 0.15) is 0 Å². The first-order chi connectivity index (χ1) is 6.63. The van der Waals surface area contributed by atoms with Gasteiger partial charge in [-0.05, 0) is 31.7 Å². The minimum Gasteiger partial charge on any atom is -0.317 e. The fourth-order valence-corrected chi connectivity index (χ4v) is 2.08. The first-order valence-electron chi connectivity index (χ1n) is 6.31. The average molecular weight is 199 g/mol. The second-order valence-corrected chi connectivity index (χ2v) is 4.86. The Kier molecular flexibility index (Phi) is 8.26. The summed E-state index contributed by atoms with van der Waals surface area (Å²) in [5, 5.41) is 3.46. The predicted octanol–water partition coefficient (Wildman–Crippen LogP) is 3.84. The van der Waals surface area contributed by atoms with Crippen molar-refractivity contribution < 1.29 is 0 Å². The van der Waals surface area contributed by atoms with Crippen LogP contribution in [0.2, 0.25) is 0 Å². The summed E-state index contributed by atoms with van der Waals surface area (Å²) in [6.07, 6.45) is 6.68. The van der Waals surface area contributed by atoms with Crippen LogP contribution >= 0.6 is 0 Å². The van der Waals surface area contributed by atoms with Crippen LogP contribution < -0.4 is 5.32 Å². The average Bonchev–Trinajstić information content (AvgIpc) is 2.16. The van der Waals surface area contributed by atoms with E-state index >= 15 is 0 Å². The van der Waals surface area contributed by atoms with Crippen molar-refractivity contribution in [3.8, 4) is 0 Å². The SMILES string of the molecule is CCCC(C)CC(CC(C)CC)NC. The summed E-state index contributed by atoms with van der Waals surface area (Å²) in [7, 11) is 2.10. The molecule has 1 N–H and O–H groups in total. The molecule has 0 aliphatic carbocycles. The van der Waals surface area contributed by atoms with Gasteiger partial charge < -0.3 is 5.32 Å². The topological polar surface area (TPSA) is 12.0 Å². The maximum absolute atomic E-state index is 3.46. The lowest BCUT2D eigenvalue weighted by atomic mass is 9.91. The Bertz CT molecular complexity index is 122. The van der Waals surface area contributed by atoms with Crippen LogP contribution in [0.5, 0.6) is 0 Å². The van der Waals surface area contributed by atoms with Gasteiger partial charge in [0.25, 0.3) is 0 Å². The van der Waals surface area contributed by atoms with Gasteiger partial charge in [-0.1, -0.05) is 47.0 Å². The molecule has 0 heterocycles. The van der Waals surface area contributed by atoms with Crippen LogP contribution in [0.4, 0.5) is 0 Å². The normalized spacial score (nSPS) is 17.8. The lowest BCUT2D eigenvalue weighted by Crippen LogP contribution is -2.29. The van der Waals surface area contributed by atoms with Crippen molar-refractivity contribution in [1.82, 2.24) is 5.32 Å². The Morgan fingerprint density at radius 3 is 2.00 bits per heavy atom. The first kappa shape index (κ1) is 14.0. The zero-order valence-corrected chi connectivity index (χ0v) is 10.8. The zero-order valence-electron chi connectivity index (χ0n) is 10.8. The molecule has 0 radical (unpaired) electrons. The third kappa shape index (κ3) is 6.42. The van der Waals surface area contributed by atoms with Gasteiger partial charge in [-0.15, -0.1) is 0 Å². The van der Waals surface area contributed by atoms with E-state index in [1.54, 1.807) is 0 Å². The van der Waals surface area contributed by atoms with Crippen molar-refractivity contribution in [1.29, 1.82) is 0 Å².